The average Bonchev–Trinajstić information content (AvgIpc) is 2.94. The molecule has 116 valence electrons. The van der Waals surface area contributed by atoms with Gasteiger partial charge in [-0.15, -0.1) is 24.0 Å². The molecule has 6 heteroatoms. The Labute approximate surface area is 143 Å². The topological polar surface area (TPSA) is 45.7 Å². The third-order valence-electron chi connectivity index (χ3n) is 2.80. The van der Waals surface area contributed by atoms with Crippen LogP contribution in [0.5, 0.6) is 0 Å². The van der Waals surface area contributed by atoms with Gasteiger partial charge in [0.25, 0.3) is 0 Å². The van der Waals surface area contributed by atoms with Crippen LogP contribution in [0.1, 0.15) is 31.7 Å². The van der Waals surface area contributed by atoms with E-state index in [9.17, 15) is 0 Å². The summed E-state index contributed by atoms with van der Waals surface area (Å²) in [5, 5.41) is 10.9. The Hall–Kier alpha value is -0.340. The van der Waals surface area contributed by atoms with Gasteiger partial charge in [-0.2, -0.15) is 11.3 Å². The highest BCUT2D eigenvalue weighted by molar-refractivity contribution is 14.0. The summed E-state index contributed by atoms with van der Waals surface area (Å²) in [6.07, 6.45) is 0.987. The van der Waals surface area contributed by atoms with Crippen LogP contribution in [-0.2, 0) is 4.74 Å². The van der Waals surface area contributed by atoms with Gasteiger partial charge in [0.1, 0.15) is 0 Å². The van der Waals surface area contributed by atoms with E-state index in [1.807, 2.05) is 0 Å². The summed E-state index contributed by atoms with van der Waals surface area (Å²) in [4.78, 5) is 4.63. The predicted molar refractivity (Wildman–Crippen MR) is 98.6 cm³/mol. The number of ether oxygens (including phenoxy) is 1. The first-order valence-electron chi connectivity index (χ1n) is 6.81. The van der Waals surface area contributed by atoms with E-state index in [1.54, 1.807) is 18.4 Å². The Kier molecular flexibility index (Phi) is 12.2. The van der Waals surface area contributed by atoms with Gasteiger partial charge in [-0.05, 0) is 35.7 Å². The molecule has 1 rings (SSSR count). The van der Waals surface area contributed by atoms with Crippen LogP contribution in [-0.4, -0.2) is 39.3 Å². The minimum Gasteiger partial charge on any atom is -0.385 e. The molecule has 0 spiro atoms. The molecule has 0 aliphatic carbocycles. The molecule has 1 aromatic rings. The fourth-order valence-electron chi connectivity index (χ4n) is 1.65. The molecule has 1 heterocycles. The number of aliphatic imine (C=N–C) groups is 1. The van der Waals surface area contributed by atoms with Crippen molar-refractivity contribution in [3.05, 3.63) is 22.4 Å². The lowest BCUT2D eigenvalue weighted by molar-refractivity contribution is 0.195. The number of hydrogen-bond donors (Lipinski definition) is 2. The number of nitrogens with zero attached hydrogens (tertiary/aromatic N) is 1. The van der Waals surface area contributed by atoms with E-state index in [0.717, 1.165) is 38.6 Å². The second kappa shape index (κ2) is 12.4. The quantitative estimate of drug-likeness (QED) is 0.299. The normalized spacial score (nSPS) is 12.7. The molecular formula is C14H26IN3OS. The molecule has 0 amide bonds. The zero-order valence-electron chi connectivity index (χ0n) is 12.5. The third-order valence-corrected chi connectivity index (χ3v) is 3.50. The van der Waals surface area contributed by atoms with Crippen molar-refractivity contribution in [3.63, 3.8) is 0 Å². The smallest absolute Gasteiger partial charge is 0.191 e. The van der Waals surface area contributed by atoms with E-state index in [4.69, 9.17) is 4.74 Å². The molecule has 0 saturated carbocycles. The maximum Gasteiger partial charge on any atom is 0.191 e. The van der Waals surface area contributed by atoms with Gasteiger partial charge in [-0.1, -0.05) is 6.92 Å². The summed E-state index contributed by atoms with van der Waals surface area (Å²) in [5.74, 6) is 1.35. The van der Waals surface area contributed by atoms with Crippen molar-refractivity contribution in [2.75, 3.05) is 33.4 Å². The minimum atomic E-state index is 0. The number of rotatable bonds is 8. The highest BCUT2D eigenvalue weighted by Crippen LogP contribution is 2.18. The van der Waals surface area contributed by atoms with Crippen LogP contribution in [0.25, 0.3) is 0 Å². The minimum absolute atomic E-state index is 0. The second-order valence-electron chi connectivity index (χ2n) is 4.45. The summed E-state index contributed by atoms with van der Waals surface area (Å²) in [7, 11) is 1.72. The molecule has 0 aliphatic rings. The number of halogens is 1. The molecule has 0 saturated heterocycles. The molecule has 0 aromatic carbocycles. The van der Waals surface area contributed by atoms with E-state index >= 15 is 0 Å². The van der Waals surface area contributed by atoms with Crippen molar-refractivity contribution >= 4 is 41.3 Å². The zero-order valence-corrected chi connectivity index (χ0v) is 15.7. The van der Waals surface area contributed by atoms with Gasteiger partial charge in [0.2, 0.25) is 0 Å². The number of methoxy groups -OCH3 is 1. The van der Waals surface area contributed by atoms with E-state index in [1.165, 1.54) is 5.56 Å². The molecule has 0 aliphatic heterocycles. The van der Waals surface area contributed by atoms with Crippen molar-refractivity contribution in [2.45, 2.75) is 26.2 Å². The number of hydrogen-bond acceptors (Lipinski definition) is 3. The first kappa shape index (κ1) is 19.7. The van der Waals surface area contributed by atoms with Gasteiger partial charge in [-0.3, -0.25) is 4.99 Å². The zero-order chi connectivity index (χ0) is 13.9. The largest absolute Gasteiger partial charge is 0.385 e. The van der Waals surface area contributed by atoms with Crippen LogP contribution in [0.15, 0.2) is 21.8 Å². The first-order valence-corrected chi connectivity index (χ1v) is 7.75. The van der Waals surface area contributed by atoms with Crippen molar-refractivity contribution < 1.29 is 4.74 Å². The molecule has 1 aromatic heterocycles. The highest BCUT2D eigenvalue weighted by Gasteiger charge is 2.05. The van der Waals surface area contributed by atoms with E-state index < -0.39 is 0 Å². The van der Waals surface area contributed by atoms with Gasteiger partial charge in [-0.25, -0.2) is 0 Å². The van der Waals surface area contributed by atoms with Gasteiger partial charge >= 0.3 is 0 Å². The number of thiophene rings is 1. The van der Waals surface area contributed by atoms with Crippen LogP contribution >= 0.6 is 35.3 Å². The second-order valence-corrected chi connectivity index (χ2v) is 5.23. The maximum absolute atomic E-state index is 5.03. The number of nitrogens with one attached hydrogen (secondary N) is 2. The van der Waals surface area contributed by atoms with Crippen LogP contribution in [0.4, 0.5) is 0 Å². The molecule has 0 fully saturated rings. The molecule has 2 N–H and O–H groups in total. The summed E-state index contributed by atoms with van der Waals surface area (Å²) >= 11 is 1.74. The molecule has 1 unspecified atom stereocenters. The van der Waals surface area contributed by atoms with Gasteiger partial charge in [0.15, 0.2) is 5.96 Å². The molecule has 20 heavy (non-hydrogen) atoms. The Morgan fingerprint density at radius 1 is 1.45 bits per heavy atom. The fourth-order valence-corrected chi connectivity index (χ4v) is 2.44. The van der Waals surface area contributed by atoms with E-state index in [2.05, 4.69) is 46.3 Å². The van der Waals surface area contributed by atoms with Crippen LogP contribution < -0.4 is 10.6 Å². The van der Waals surface area contributed by atoms with Crippen LogP contribution in [0.3, 0.4) is 0 Å². The Morgan fingerprint density at radius 3 is 2.85 bits per heavy atom. The Balaban J connectivity index is 0.00000361. The van der Waals surface area contributed by atoms with Gasteiger partial charge in [0, 0.05) is 39.3 Å². The van der Waals surface area contributed by atoms with Crippen molar-refractivity contribution in [2.24, 2.45) is 4.99 Å². The molecule has 1 atom stereocenters. The van der Waals surface area contributed by atoms with Crippen molar-refractivity contribution in [1.29, 1.82) is 0 Å². The standard InChI is InChI=1S/C14H25N3OS.HI/c1-4-15-14(16-7-5-8-18-3)17-10-12(2)13-6-9-19-11-13;/h6,9,11-12H,4-5,7-8,10H2,1-3H3,(H2,15,16,17);1H. The van der Waals surface area contributed by atoms with Gasteiger partial charge in [0.05, 0.1) is 0 Å². The fraction of sp³-hybridized carbons (Fsp3) is 0.643. The van der Waals surface area contributed by atoms with Crippen LogP contribution in [0, 0.1) is 0 Å². The lowest BCUT2D eigenvalue weighted by Gasteiger charge is -2.12. The predicted octanol–water partition coefficient (Wildman–Crippen LogP) is 3.06. The summed E-state index contributed by atoms with van der Waals surface area (Å²) in [6, 6.07) is 2.17. The monoisotopic (exact) mass is 411 g/mol. The van der Waals surface area contributed by atoms with Gasteiger partial charge < -0.3 is 15.4 Å². The average molecular weight is 411 g/mol. The third kappa shape index (κ3) is 8.06. The molecule has 4 nitrogen and oxygen atoms in total. The van der Waals surface area contributed by atoms with E-state index in [-0.39, 0.29) is 24.0 Å². The van der Waals surface area contributed by atoms with Crippen molar-refractivity contribution in [1.82, 2.24) is 10.6 Å². The summed E-state index contributed by atoms with van der Waals surface area (Å²) in [5.41, 5.74) is 1.36. The lowest BCUT2D eigenvalue weighted by atomic mass is 10.1. The maximum atomic E-state index is 5.03. The number of guanidine groups is 1. The Bertz CT molecular complexity index is 357. The van der Waals surface area contributed by atoms with Crippen LogP contribution in [0.2, 0.25) is 0 Å². The summed E-state index contributed by atoms with van der Waals surface area (Å²) in [6.45, 7) is 7.62. The molecule has 0 bridgehead atoms. The Morgan fingerprint density at radius 2 is 2.25 bits per heavy atom. The molecule has 0 radical (unpaired) electrons. The lowest BCUT2D eigenvalue weighted by Crippen LogP contribution is -2.38. The molecular weight excluding hydrogens is 385 g/mol. The highest BCUT2D eigenvalue weighted by atomic mass is 127. The SMILES string of the molecule is CCNC(=NCC(C)c1ccsc1)NCCCOC.I. The van der Waals surface area contributed by atoms with E-state index in [0.29, 0.717) is 5.92 Å². The van der Waals surface area contributed by atoms with Crippen molar-refractivity contribution in [3.8, 4) is 0 Å². The summed E-state index contributed by atoms with van der Waals surface area (Å²) < 4.78 is 5.03. The first-order chi connectivity index (χ1) is 9.27.